The van der Waals surface area contributed by atoms with Crippen molar-refractivity contribution in [3.8, 4) is 5.69 Å². The van der Waals surface area contributed by atoms with Gasteiger partial charge in [0.1, 0.15) is 0 Å². The molecule has 0 aliphatic heterocycles. The van der Waals surface area contributed by atoms with Gasteiger partial charge >= 0.3 is 0 Å². The van der Waals surface area contributed by atoms with Gasteiger partial charge in [0.15, 0.2) is 0 Å². The Balaban J connectivity index is 2.48. The lowest BCUT2D eigenvalue weighted by atomic mass is 10.3. The number of halogens is 1. The Morgan fingerprint density at radius 2 is 1.92 bits per heavy atom. The highest BCUT2D eigenvalue weighted by Gasteiger charge is 1.96. The molecule has 1 aromatic heterocycles. The van der Waals surface area contributed by atoms with E-state index in [-0.39, 0.29) is 0 Å². The summed E-state index contributed by atoms with van der Waals surface area (Å²) in [7, 11) is 0. The highest BCUT2D eigenvalue weighted by Crippen LogP contribution is 2.13. The lowest BCUT2D eigenvalue weighted by molar-refractivity contribution is 0.751. The average Bonchev–Trinajstić information content (AvgIpc) is 2.56. The molecule has 12 heavy (non-hydrogen) atoms. The maximum atomic E-state index is 4.01. The third-order valence-electron chi connectivity index (χ3n) is 1.46. The number of benzene rings is 1. The van der Waals surface area contributed by atoms with Gasteiger partial charge in [-0.1, -0.05) is 22.0 Å². The summed E-state index contributed by atoms with van der Waals surface area (Å²) in [5.41, 5.74) is 0.953. The Morgan fingerprint density at radius 3 is 2.58 bits per heavy atom. The summed E-state index contributed by atoms with van der Waals surface area (Å²) in [6.45, 7) is 0. The Kier molecular flexibility index (Phi) is 1.91. The second-order valence-electron chi connectivity index (χ2n) is 2.30. The van der Waals surface area contributed by atoms with Gasteiger partial charge < -0.3 is 0 Å². The summed E-state index contributed by atoms with van der Waals surface area (Å²) in [6.07, 6.45) is 3.31. The van der Waals surface area contributed by atoms with Crippen molar-refractivity contribution in [2.24, 2.45) is 0 Å². The van der Waals surface area contributed by atoms with Crippen LogP contribution >= 0.6 is 15.9 Å². The van der Waals surface area contributed by atoms with Crippen LogP contribution in [0.2, 0.25) is 0 Å². The summed E-state index contributed by atoms with van der Waals surface area (Å²) >= 11 is 3.38. The number of hydrogen-bond acceptors (Lipinski definition) is 2. The summed E-state index contributed by atoms with van der Waals surface area (Å²) in [5, 5.41) is 8.02. The third kappa shape index (κ3) is 1.38. The van der Waals surface area contributed by atoms with Crippen LogP contribution in [-0.2, 0) is 0 Å². The highest BCUT2D eigenvalue weighted by molar-refractivity contribution is 9.10. The van der Waals surface area contributed by atoms with Gasteiger partial charge in [0.05, 0.1) is 18.1 Å². The third-order valence-corrected chi connectivity index (χ3v) is 1.95. The monoisotopic (exact) mass is 223 g/mol. The van der Waals surface area contributed by atoms with Crippen molar-refractivity contribution in [2.75, 3.05) is 0 Å². The van der Waals surface area contributed by atoms with Crippen molar-refractivity contribution in [1.29, 1.82) is 0 Å². The smallest absolute Gasteiger partial charge is 0.0867 e. The van der Waals surface area contributed by atoms with Gasteiger partial charge in [-0.05, 0) is 18.2 Å². The minimum Gasteiger partial charge on any atom is -0.157 e. The Morgan fingerprint density at radius 1 is 1.17 bits per heavy atom. The summed E-state index contributed by atoms with van der Waals surface area (Å²) in [6, 6.07) is 7.82. The molecule has 2 aromatic rings. The molecule has 0 unspecified atom stereocenters. The van der Waals surface area contributed by atoms with Crippen LogP contribution in [-0.4, -0.2) is 15.0 Å². The molecule has 0 N–H and O–H groups in total. The molecule has 0 fully saturated rings. The van der Waals surface area contributed by atoms with E-state index in [1.54, 1.807) is 17.2 Å². The minimum absolute atomic E-state index is 0.953. The summed E-state index contributed by atoms with van der Waals surface area (Å²) in [4.78, 5) is 1.57. The zero-order valence-corrected chi connectivity index (χ0v) is 7.77. The van der Waals surface area contributed by atoms with Crippen molar-refractivity contribution in [3.05, 3.63) is 41.1 Å². The summed E-state index contributed by atoms with van der Waals surface area (Å²) < 4.78 is 1.03. The van der Waals surface area contributed by atoms with E-state index in [9.17, 15) is 0 Å². The first-order valence-electron chi connectivity index (χ1n) is 3.48. The topological polar surface area (TPSA) is 30.7 Å². The highest BCUT2D eigenvalue weighted by atomic mass is 79.9. The quantitative estimate of drug-likeness (QED) is 0.741. The van der Waals surface area contributed by atoms with Crippen LogP contribution in [0.4, 0.5) is 0 Å². The fraction of sp³-hybridized carbons (Fsp3) is 0. The number of aromatic nitrogens is 3. The van der Waals surface area contributed by atoms with Crippen molar-refractivity contribution in [2.45, 2.75) is 0 Å². The maximum absolute atomic E-state index is 4.01. The number of rotatable bonds is 1. The van der Waals surface area contributed by atoms with Gasteiger partial charge in [-0.25, -0.2) is 0 Å². The molecule has 0 aliphatic carbocycles. The van der Waals surface area contributed by atoms with E-state index in [1.807, 2.05) is 24.3 Å². The van der Waals surface area contributed by atoms with Crippen LogP contribution in [0, 0.1) is 0 Å². The molecule has 1 aromatic carbocycles. The zero-order chi connectivity index (χ0) is 8.39. The second kappa shape index (κ2) is 3.06. The Hall–Kier alpha value is -1.16. The number of nitrogens with zero attached hydrogens (tertiary/aromatic N) is 3. The molecule has 0 radical (unpaired) electrons. The fourth-order valence-electron chi connectivity index (χ4n) is 0.950. The van der Waals surface area contributed by atoms with E-state index in [2.05, 4.69) is 26.1 Å². The van der Waals surface area contributed by atoms with Gasteiger partial charge in [0.25, 0.3) is 0 Å². The van der Waals surface area contributed by atoms with Gasteiger partial charge in [-0.3, -0.25) is 0 Å². The largest absolute Gasteiger partial charge is 0.157 e. The summed E-state index contributed by atoms with van der Waals surface area (Å²) in [5.74, 6) is 0. The van der Waals surface area contributed by atoms with Gasteiger partial charge in [-0.2, -0.15) is 15.0 Å². The minimum atomic E-state index is 0.953. The molecule has 2 rings (SSSR count). The van der Waals surface area contributed by atoms with E-state index >= 15 is 0 Å². The molecular weight excluding hydrogens is 218 g/mol. The predicted molar refractivity (Wildman–Crippen MR) is 49.1 cm³/mol. The second-order valence-corrected chi connectivity index (χ2v) is 3.21. The molecule has 0 atom stereocenters. The van der Waals surface area contributed by atoms with Crippen LogP contribution in [0.25, 0.3) is 5.69 Å². The number of hydrogen-bond donors (Lipinski definition) is 0. The first-order chi connectivity index (χ1) is 5.86. The van der Waals surface area contributed by atoms with Crippen LogP contribution < -0.4 is 0 Å². The molecule has 4 heteroatoms. The Bertz CT molecular complexity index is 370. The van der Waals surface area contributed by atoms with Crippen molar-refractivity contribution in [1.82, 2.24) is 15.0 Å². The van der Waals surface area contributed by atoms with Crippen LogP contribution in [0.3, 0.4) is 0 Å². The molecule has 0 saturated heterocycles. The van der Waals surface area contributed by atoms with Crippen molar-refractivity contribution in [3.63, 3.8) is 0 Å². The van der Waals surface area contributed by atoms with E-state index in [4.69, 9.17) is 0 Å². The zero-order valence-electron chi connectivity index (χ0n) is 6.18. The van der Waals surface area contributed by atoms with E-state index in [0.29, 0.717) is 0 Å². The Labute approximate surface area is 78.2 Å². The normalized spacial score (nSPS) is 10.1. The molecule has 0 spiro atoms. The molecule has 0 amide bonds. The van der Waals surface area contributed by atoms with Crippen LogP contribution in [0.15, 0.2) is 41.1 Å². The average molecular weight is 224 g/mol. The first kappa shape index (κ1) is 7.49. The van der Waals surface area contributed by atoms with Gasteiger partial charge in [-0.15, -0.1) is 0 Å². The molecule has 0 aliphatic rings. The molecule has 0 saturated carbocycles. The molecular formula is C8H6BrN3. The SMILES string of the molecule is Brc1cccc(-n2nccn2)c1. The van der Waals surface area contributed by atoms with Crippen LogP contribution in [0.1, 0.15) is 0 Å². The molecule has 1 heterocycles. The standard InChI is InChI=1S/C8H6BrN3/c9-7-2-1-3-8(6-7)12-10-4-5-11-12/h1-6H. The maximum Gasteiger partial charge on any atom is 0.0867 e. The van der Waals surface area contributed by atoms with Crippen LogP contribution in [0.5, 0.6) is 0 Å². The van der Waals surface area contributed by atoms with Gasteiger partial charge in [0.2, 0.25) is 0 Å². The van der Waals surface area contributed by atoms with Gasteiger partial charge in [0, 0.05) is 4.47 Å². The van der Waals surface area contributed by atoms with E-state index in [1.165, 1.54) is 0 Å². The first-order valence-corrected chi connectivity index (χ1v) is 4.28. The molecule has 3 nitrogen and oxygen atoms in total. The molecule has 0 bridgehead atoms. The fourth-order valence-corrected chi connectivity index (χ4v) is 1.34. The molecule has 60 valence electrons. The van der Waals surface area contributed by atoms with E-state index in [0.717, 1.165) is 10.2 Å². The van der Waals surface area contributed by atoms with E-state index < -0.39 is 0 Å². The lowest BCUT2D eigenvalue weighted by Crippen LogP contribution is -1.97. The lowest BCUT2D eigenvalue weighted by Gasteiger charge is -1.98. The van der Waals surface area contributed by atoms with Crippen molar-refractivity contribution < 1.29 is 0 Å². The van der Waals surface area contributed by atoms with Crippen molar-refractivity contribution >= 4 is 15.9 Å². The predicted octanol–water partition coefficient (Wildman–Crippen LogP) is 2.03.